The predicted octanol–water partition coefficient (Wildman–Crippen LogP) is 4.52. The molecule has 1 aromatic carbocycles. The molecule has 0 N–H and O–H groups in total. The van der Waals surface area contributed by atoms with Gasteiger partial charge in [-0.05, 0) is 42.9 Å². The van der Waals surface area contributed by atoms with Crippen LogP contribution in [0.25, 0.3) is 0 Å². The summed E-state index contributed by atoms with van der Waals surface area (Å²) in [7, 11) is 0. The van der Waals surface area contributed by atoms with Crippen molar-refractivity contribution in [3.05, 3.63) is 35.4 Å². The summed E-state index contributed by atoms with van der Waals surface area (Å²) in [6.07, 6.45) is 3.65. The molecule has 26 heavy (non-hydrogen) atoms. The van der Waals surface area contributed by atoms with Crippen molar-refractivity contribution >= 4 is 23.6 Å². The van der Waals surface area contributed by atoms with E-state index < -0.39 is 6.04 Å². The van der Waals surface area contributed by atoms with E-state index in [1.807, 2.05) is 24.3 Å². The van der Waals surface area contributed by atoms with Gasteiger partial charge >= 0.3 is 5.97 Å². The van der Waals surface area contributed by atoms with Crippen LogP contribution < -0.4 is 0 Å². The fourth-order valence-corrected chi connectivity index (χ4v) is 4.67. The van der Waals surface area contributed by atoms with Crippen molar-refractivity contribution in [3.8, 4) is 0 Å². The van der Waals surface area contributed by atoms with Crippen LogP contribution in [0.1, 0.15) is 62.9 Å². The average Bonchev–Trinajstić information content (AvgIpc) is 3.04. The lowest BCUT2D eigenvalue weighted by Gasteiger charge is -2.29. The Hall–Kier alpha value is -1.49. The van der Waals surface area contributed by atoms with Crippen molar-refractivity contribution in [1.29, 1.82) is 0 Å². The number of aryl methyl sites for hydroxylation is 1. The first-order chi connectivity index (χ1) is 12.5. The van der Waals surface area contributed by atoms with Gasteiger partial charge < -0.3 is 9.64 Å². The second-order valence-corrected chi connectivity index (χ2v) is 8.43. The van der Waals surface area contributed by atoms with Crippen LogP contribution in [0.15, 0.2) is 24.3 Å². The highest BCUT2D eigenvalue weighted by Gasteiger charge is 2.42. The number of hydrogen-bond donors (Lipinski definition) is 0. The topological polar surface area (TPSA) is 46.6 Å². The third-order valence-electron chi connectivity index (χ3n) is 4.62. The molecule has 0 aromatic heterocycles. The molecule has 1 amide bonds. The fraction of sp³-hybridized carbons (Fsp3) is 0.619. The first kappa shape index (κ1) is 20.8. The Morgan fingerprint density at radius 1 is 1.23 bits per heavy atom. The molecule has 144 valence electrons. The maximum atomic E-state index is 13.2. The van der Waals surface area contributed by atoms with Gasteiger partial charge in [-0.25, -0.2) is 4.79 Å². The molecule has 0 aliphatic carbocycles. The van der Waals surface area contributed by atoms with Crippen LogP contribution in [-0.2, 0) is 16.0 Å². The second kappa shape index (κ2) is 10.0. The van der Waals surface area contributed by atoms with Crippen LogP contribution in [0.4, 0.5) is 0 Å². The SMILES string of the molecule is CCCCOC(=O)C1CSC(CC(C)C)N1C(=O)c1ccc(CC)cc1. The van der Waals surface area contributed by atoms with Crippen LogP contribution in [0, 0.1) is 5.92 Å². The third-order valence-corrected chi connectivity index (χ3v) is 5.94. The number of nitrogens with zero attached hydrogens (tertiary/aromatic N) is 1. The summed E-state index contributed by atoms with van der Waals surface area (Å²) < 4.78 is 5.43. The Kier molecular flexibility index (Phi) is 8.01. The van der Waals surface area contributed by atoms with Gasteiger partial charge in [-0.2, -0.15) is 0 Å². The lowest BCUT2D eigenvalue weighted by Crippen LogP contribution is -2.46. The summed E-state index contributed by atoms with van der Waals surface area (Å²) in [5.41, 5.74) is 1.84. The third kappa shape index (κ3) is 5.26. The fourth-order valence-electron chi connectivity index (χ4n) is 3.05. The van der Waals surface area contributed by atoms with E-state index in [-0.39, 0.29) is 17.3 Å². The van der Waals surface area contributed by atoms with E-state index in [4.69, 9.17) is 4.74 Å². The highest BCUT2D eigenvalue weighted by Crippen LogP contribution is 2.35. The molecule has 2 unspecified atom stereocenters. The van der Waals surface area contributed by atoms with Gasteiger partial charge in [0, 0.05) is 11.3 Å². The number of ether oxygens (including phenoxy) is 1. The molecule has 2 rings (SSSR count). The second-order valence-electron chi connectivity index (χ2n) is 7.22. The van der Waals surface area contributed by atoms with Crippen molar-refractivity contribution in [1.82, 2.24) is 4.90 Å². The van der Waals surface area contributed by atoms with E-state index in [1.165, 1.54) is 5.56 Å². The highest BCUT2D eigenvalue weighted by atomic mass is 32.2. The molecule has 0 radical (unpaired) electrons. The quantitative estimate of drug-likeness (QED) is 0.493. The standard InChI is InChI=1S/C21H31NO3S/c1-5-7-12-25-21(24)18-14-26-19(13-15(3)4)22(18)20(23)17-10-8-16(6-2)9-11-17/h8-11,15,18-19H,5-7,12-14H2,1-4H3. The number of rotatable bonds is 8. The summed E-state index contributed by atoms with van der Waals surface area (Å²) in [5, 5.41) is 0.0251. The van der Waals surface area contributed by atoms with E-state index in [0.29, 0.717) is 23.8 Å². The van der Waals surface area contributed by atoms with Crippen LogP contribution in [-0.4, -0.2) is 40.6 Å². The minimum Gasteiger partial charge on any atom is -0.464 e. The Bertz CT molecular complexity index is 600. The van der Waals surface area contributed by atoms with E-state index in [2.05, 4.69) is 27.7 Å². The molecule has 5 heteroatoms. The van der Waals surface area contributed by atoms with Crippen molar-refractivity contribution in [2.24, 2.45) is 5.92 Å². The molecule has 1 aliphatic heterocycles. The van der Waals surface area contributed by atoms with Crippen LogP contribution in [0.3, 0.4) is 0 Å². The van der Waals surface area contributed by atoms with Gasteiger partial charge in [-0.3, -0.25) is 4.79 Å². The summed E-state index contributed by atoms with van der Waals surface area (Å²) in [6.45, 7) is 8.87. The Morgan fingerprint density at radius 2 is 1.92 bits per heavy atom. The smallest absolute Gasteiger partial charge is 0.329 e. The zero-order chi connectivity index (χ0) is 19.1. The normalized spacial score (nSPS) is 19.8. The first-order valence-electron chi connectivity index (χ1n) is 9.67. The number of esters is 1. The Morgan fingerprint density at radius 3 is 2.50 bits per heavy atom. The van der Waals surface area contributed by atoms with Gasteiger partial charge in [-0.1, -0.05) is 46.2 Å². The molecule has 0 spiro atoms. The van der Waals surface area contributed by atoms with Gasteiger partial charge in [-0.15, -0.1) is 11.8 Å². The zero-order valence-corrected chi connectivity index (χ0v) is 17.2. The van der Waals surface area contributed by atoms with Crippen molar-refractivity contribution in [2.45, 2.75) is 64.8 Å². The number of hydrogen-bond acceptors (Lipinski definition) is 4. The Balaban J connectivity index is 2.19. The molecule has 2 atom stereocenters. The lowest BCUT2D eigenvalue weighted by atomic mass is 10.1. The minimum absolute atomic E-state index is 0.0251. The summed E-state index contributed by atoms with van der Waals surface area (Å²) in [5.74, 6) is 0.734. The van der Waals surface area contributed by atoms with Gasteiger partial charge in [0.1, 0.15) is 6.04 Å². The summed E-state index contributed by atoms with van der Waals surface area (Å²) in [6, 6.07) is 7.23. The maximum absolute atomic E-state index is 13.2. The van der Waals surface area contributed by atoms with E-state index in [9.17, 15) is 9.59 Å². The van der Waals surface area contributed by atoms with Crippen LogP contribution >= 0.6 is 11.8 Å². The van der Waals surface area contributed by atoms with E-state index in [0.717, 1.165) is 25.7 Å². The molecule has 4 nitrogen and oxygen atoms in total. The predicted molar refractivity (Wildman–Crippen MR) is 107 cm³/mol. The molecule has 1 heterocycles. The van der Waals surface area contributed by atoms with Gasteiger partial charge in [0.15, 0.2) is 0 Å². The zero-order valence-electron chi connectivity index (χ0n) is 16.4. The monoisotopic (exact) mass is 377 g/mol. The Labute approximate surface area is 161 Å². The molecule has 1 aromatic rings. The molecule has 1 fully saturated rings. The summed E-state index contributed by atoms with van der Waals surface area (Å²) in [4.78, 5) is 27.5. The number of benzene rings is 1. The lowest BCUT2D eigenvalue weighted by molar-refractivity contribution is -0.148. The summed E-state index contributed by atoms with van der Waals surface area (Å²) >= 11 is 1.69. The van der Waals surface area contributed by atoms with Gasteiger partial charge in [0.25, 0.3) is 5.91 Å². The average molecular weight is 378 g/mol. The van der Waals surface area contributed by atoms with Crippen LogP contribution in [0.2, 0.25) is 0 Å². The van der Waals surface area contributed by atoms with E-state index in [1.54, 1.807) is 16.7 Å². The molecule has 0 bridgehead atoms. The molecule has 1 aliphatic rings. The number of thioether (sulfide) groups is 1. The van der Waals surface area contributed by atoms with E-state index >= 15 is 0 Å². The van der Waals surface area contributed by atoms with Crippen molar-refractivity contribution in [3.63, 3.8) is 0 Å². The number of carbonyl (C=O) groups is 2. The highest BCUT2D eigenvalue weighted by molar-refractivity contribution is 8.00. The minimum atomic E-state index is -0.487. The molecular formula is C21H31NO3S. The van der Waals surface area contributed by atoms with Gasteiger partial charge in [0.2, 0.25) is 0 Å². The van der Waals surface area contributed by atoms with Crippen LogP contribution in [0.5, 0.6) is 0 Å². The maximum Gasteiger partial charge on any atom is 0.329 e. The largest absolute Gasteiger partial charge is 0.464 e. The van der Waals surface area contributed by atoms with Gasteiger partial charge in [0.05, 0.1) is 12.0 Å². The number of amides is 1. The van der Waals surface area contributed by atoms with Crippen molar-refractivity contribution < 1.29 is 14.3 Å². The molecular weight excluding hydrogens is 346 g/mol. The number of carbonyl (C=O) groups excluding carboxylic acids is 2. The molecule has 1 saturated heterocycles. The van der Waals surface area contributed by atoms with Crippen molar-refractivity contribution in [2.75, 3.05) is 12.4 Å². The molecule has 0 saturated carbocycles. The number of unbranched alkanes of at least 4 members (excludes halogenated alkanes) is 1. The first-order valence-corrected chi connectivity index (χ1v) is 10.7.